The molecule has 3 rings (SSSR count). The molecule has 14 heavy (non-hydrogen) atoms. The van der Waals surface area contributed by atoms with Crippen LogP contribution in [0.25, 0.3) is 22.9 Å². The minimum atomic E-state index is 0.0983. The molecule has 0 spiro atoms. The van der Waals surface area contributed by atoms with Gasteiger partial charge in [-0.3, -0.25) is 4.79 Å². The smallest absolute Gasteiger partial charge is 0.186 e. The number of benzene rings is 1. The van der Waals surface area contributed by atoms with Crippen molar-refractivity contribution in [3.8, 4) is 0 Å². The van der Waals surface area contributed by atoms with Crippen LogP contribution in [-0.2, 0) is 0 Å². The van der Waals surface area contributed by atoms with Crippen LogP contribution in [0.1, 0.15) is 11.1 Å². The summed E-state index contributed by atoms with van der Waals surface area (Å²) >= 11 is 0. The van der Waals surface area contributed by atoms with E-state index in [0.717, 1.165) is 21.9 Å². The highest BCUT2D eigenvalue weighted by molar-refractivity contribution is 6.04. The molecule has 1 nitrogen and oxygen atoms in total. The Kier molecular flexibility index (Phi) is 1.37. The average molecular weight is 180 g/mol. The van der Waals surface area contributed by atoms with Crippen molar-refractivity contribution in [3.05, 3.63) is 57.7 Å². The van der Waals surface area contributed by atoms with Crippen LogP contribution in [0.2, 0.25) is 0 Å². The van der Waals surface area contributed by atoms with Gasteiger partial charge in [0.25, 0.3) is 0 Å². The third-order valence-electron chi connectivity index (χ3n) is 2.62. The Hall–Kier alpha value is -1.89. The fraction of sp³-hybridized carbons (Fsp3) is 0. The summed E-state index contributed by atoms with van der Waals surface area (Å²) in [5, 5.41) is 2.21. The molecule has 2 aromatic rings. The van der Waals surface area contributed by atoms with Crippen LogP contribution in [0, 0.1) is 0 Å². The fourth-order valence-electron chi connectivity index (χ4n) is 1.97. The minimum absolute atomic E-state index is 0.0983. The van der Waals surface area contributed by atoms with Gasteiger partial charge in [-0.1, -0.05) is 36.4 Å². The SMILES string of the molecule is O=c1cccc2cccc3c2c1C=C3. The molecule has 0 atom stereocenters. The number of rotatable bonds is 0. The molecule has 0 N–H and O–H groups in total. The second kappa shape index (κ2) is 2.55. The minimum Gasteiger partial charge on any atom is -0.289 e. The van der Waals surface area contributed by atoms with Crippen LogP contribution in [-0.4, -0.2) is 0 Å². The highest BCUT2D eigenvalue weighted by atomic mass is 16.1. The molecule has 0 unspecified atom stereocenters. The first-order valence-electron chi connectivity index (χ1n) is 4.60. The Morgan fingerprint density at radius 1 is 0.857 bits per heavy atom. The summed E-state index contributed by atoms with van der Waals surface area (Å²) < 4.78 is 0. The number of hydrogen-bond donors (Lipinski definition) is 0. The van der Waals surface area contributed by atoms with Gasteiger partial charge < -0.3 is 0 Å². The maximum atomic E-state index is 11.6. The Morgan fingerprint density at radius 3 is 2.50 bits per heavy atom. The molecule has 0 aromatic heterocycles. The summed E-state index contributed by atoms with van der Waals surface area (Å²) in [6.45, 7) is 0. The predicted molar refractivity (Wildman–Crippen MR) is 59.1 cm³/mol. The maximum absolute atomic E-state index is 11.6. The molecule has 0 bridgehead atoms. The molecular formula is C13H8O. The van der Waals surface area contributed by atoms with E-state index in [9.17, 15) is 4.79 Å². The van der Waals surface area contributed by atoms with E-state index in [1.54, 1.807) is 6.07 Å². The van der Waals surface area contributed by atoms with Crippen molar-refractivity contribution in [2.75, 3.05) is 0 Å². The van der Waals surface area contributed by atoms with Crippen LogP contribution >= 0.6 is 0 Å². The van der Waals surface area contributed by atoms with Crippen molar-refractivity contribution in [1.82, 2.24) is 0 Å². The third kappa shape index (κ3) is 0.867. The van der Waals surface area contributed by atoms with Crippen LogP contribution < -0.4 is 5.43 Å². The lowest BCUT2D eigenvalue weighted by Gasteiger charge is -1.95. The van der Waals surface area contributed by atoms with Gasteiger partial charge in [-0.15, -0.1) is 0 Å². The van der Waals surface area contributed by atoms with Gasteiger partial charge in [0.2, 0.25) is 0 Å². The predicted octanol–water partition coefficient (Wildman–Crippen LogP) is 2.68. The largest absolute Gasteiger partial charge is 0.289 e. The molecule has 0 saturated heterocycles. The molecule has 66 valence electrons. The lowest BCUT2D eigenvalue weighted by Crippen LogP contribution is -1.97. The van der Waals surface area contributed by atoms with Crippen LogP contribution in [0.15, 0.2) is 41.2 Å². The Morgan fingerprint density at radius 2 is 1.64 bits per heavy atom. The summed E-state index contributed by atoms with van der Waals surface area (Å²) in [5.41, 5.74) is 2.06. The van der Waals surface area contributed by atoms with Crippen molar-refractivity contribution < 1.29 is 0 Å². The first kappa shape index (κ1) is 7.51. The third-order valence-corrected chi connectivity index (χ3v) is 2.62. The zero-order valence-corrected chi connectivity index (χ0v) is 7.53. The van der Waals surface area contributed by atoms with Crippen molar-refractivity contribution in [3.63, 3.8) is 0 Å². The molecule has 0 radical (unpaired) electrons. The van der Waals surface area contributed by atoms with Gasteiger partial charge in [0.15, 0.2) is 5.43 Å². The van der Waals surface area contributed by atoms with Gasteiger partial charge in [-0.2, -0.15) is 0 Å². The van der Waals surface area contributed by atoms with E-state index < -0.39 is 0 Å². The molecule has 0 fully saturated rings. The topological polar surface area (TPSA) is 17.1 Å². The normalized spacial score (nSPS) is 12.3. The van der Waals surface area contributed by atoms with E-state index in [1.807, 2.05) is 42.5 Å². The summed E-state index contributed by atoms with van der Waals surface area (Å²) in [5.74, 6) is 0. The van der Waals surface area contributed by atoms with Crippen molar-refractivity contribution in [1.29, 1.82) is 0 Å². The maximum Gasteiger partial charge on any atom is 0.186 e. The van der Waals surface area contributed by atoms with Crippen molar-refractivity contribution in [2.24, 2.45) is 0 Å². The molecule has 2 aromatic carbocycles. The lowest BCUT2D eigenvalue weighted by atomic mass is 10.1. The van der Waals surface area contributed by atoms with Gasteiger partial charge in [0.05, 0.1) is 0 Å². The summed E-state index contributed by atoms with van der Waals surface area (Å²) in [7, 11) is 0. The summed E-state index contributed by atoms with van der Waals surface area (Å²) in [4.78, 5) is 11.6. The zero-order chi connectivity index (χ0) is 9.54. The molecule has 0 amide bonds. The van der Waals surface area contributed by atoms with E-state index in [0.29, 0.717) is 0 Å². The van der Waals surface area contributed by atoms with Gasteiger partial charge in [-0.05, 0) is 23.1 Å². The Bertz CT molecular complexity index is 609. The Balaban J connectivity index is 2.71. The van der Waals surface area contributed by atoms with Crippen molar-refractivity contribution in [2.45, 2.75) is 0 Å². The molecular weight excluding hydrogens is 172 g/mol. The quantitative estimate of drug-likeness (QED) is 0.519. The van der Waals surface area contributed by atoms with E-state index in [1.165, 1.54) is 0 Å². The lowest BCUT2D eigenvalue weighted by molar-refractivity contribution is 1.66. The summed E-state index contributed by atoms with van der Waals surface area (Å²) in [6, 6.07) is 11.5. The molecule has 0 heterocycles. The Labute approximate surface area is 81.3 Å². The van der Waals surface area contributed by atoms with Gasteiger partial charge in [0, 0.05) is 10.9 Å². The van der Waals surface area contributed by atoms with Crippen LogP contribution in [0.4, 0.5) is 0 Å². The van der Waals surface area contributed by atoms with Gasteiger partial charge >= 0.3 is 0 Å². The van der Waals surface area contributed by atoms with Crippen LogP contribution in [0.5, 0.6) is 0 Å². The molecule has 0 aliphatic heterocycles. The highest BCUT2D eigenvalue weighted by Crippen LogP contribution is 2.27. The van der Waals surface area contributed by atoms with E-state index in [-0.39, 0.29) is 5.43 Å². The van der Waals surface area contributed by atoms with Gasteiger partial charge in [0.1, 0.15) is 0 Å². The van der Waals surface area contributed by atoms with E-state index >= 15 is 0 Å². The monoisotopic (exact) mass is 180 g/mol. The van der Waals surface area contributed by atoms with Crippen LogP contribution in [0.3, 0.4) is 0 Å². The molecule has 1 aliphatic rings. The molecule has 1 aliphatic carbocycles. The van der Waals surface area contributed by atoms with Crippen molar-refractivity contribution >= 4 is 22.9 Å². The fourth-order valence-corrected chi connectivity index (χ4v) is 1.97. The molecule has 1 heteroatoms. The van der Waals surface area contributed by atoms with E-state index in [4.69, 9.17) is 0 Å². The van der Waals surface area contributed by atoms with E-state index in [2.05, 4.69) is 0 Å². The standard InChI is InChI=1S/C13H8O/c14-12-6-2-5-9-3-1-4-10-7-8-11(12)13(9)10/h1-8H. The average Bonchev–Trinajstić information content (AvgIpc) is 2.54. The molecule has 0 saturated carbocycles. The second-order valence-electron chi connectivity index (χ2n) is 3.45. The second-order valence-corrected chi connectivity index (χ2v) is 3.45. The number of hydrogen-bond acceptors (Lipinski definition) is 1. The zero-order valence-electron chi connectivity index (χ0n) is 7.53. The first-order valence-corrected chi connectivity index (χ1v) is 4.60. The summed E-state index contributed by atoms with van der Waals surface area (Å²) in [6.07, 6.45) is 3.90. The highest BCUT2D eigenvalue weighted by Gasteiger charge is 2.09. The van der Waals surface area contributed by atoms with Gasteiger partial charge in [-0.25, -0.2) is 0 Å². The first-order chi connectivity index (χ1) is 6.86.